The molecule has 0 atom stereocenters. The SMILES string of the molecule is CN=C(NCCCCCCCN(C)C)NCCCOCC1CCOCC1. The first-order chi connectivity index (χ1) is 12.7. The molecule has 1 heterocycles. The van der Waals surface area contributed by atoms with Crippen LogP contribution in [0.5, 0.6) is 0 Å². The maximum Gasteiger partial charge on any atom is 0.190 e. The van der Waals surface area contributed by atoms with Crippen molar-refractivity contribution in [2.45, 2.75) is 51.4 Å². The summed E-state index contributed by atoms with van der Waals surface area (Å²) in [4.78, 5) is 6.54. The smallest absolute Gasteiger partial charge is 0.190 e. The maximum absolute atomic E-state index is 5.79. The second kappa shape index (κ2) is 16.3. The standard InChI is InChI=1S/C20H42N4O2/c1-21-20(22-12-7-5-4-6-8-14-24(2)3)23-13-9-15-26-18-19-10-16-25-17-11-19/h19H,4-18H2,1-3H3,(H2,21,22,23). The third-order valence-electron chi connectivity index (χ3n) is 4.75. The van der Waals surface area contributed by atoms with E-state index < -0.39 is 0 Å². The van der Waals surface area contributed by atoms with Gasteiger partial charge in [0.05, 0.1) is 0 Å². The summed E-state index contributed by atoms with van der Waals surface area (Å²) in [5, 5.41) is 6.76. The number of hydrogen-bond donors (Lipinski definition) is 2. The minimum absolute atomic E-state index is 0.689. The molecule has 1 fully saturated rings. The van der Waals surface area contributed by atoms with Gasteiger partial charge in [-0.15, -0.1) is 0 Å². The van der Waals surface area contributed by atoms with Crippen LogP contribution in [-0.2, 0) is 9.47 Å². The molecule has 1 rings (SSSR count). The van der Waals surface area contributed by atoms with E-state index >= 15 is 0 Å². The Labute approximate surface area is 161 Å². The fourth-order valence-electron chi connectivity index (χ4n) is 3.05. The van der Waals surface area contributed by atoms with Crippen LogP contribution >= 0.6 is 0 Å². The van der Waals surface area contributed by atoms with Crippen molar-refractivity contribution in [1.82, 2.24) is 15.5 Å². The van der Waals surface area contributed by atoms with Crippen molar-refractivity contribution in [3.63, 3.8) is 0 Å². The van der Waals surface area contributed by atoms with Crippen LogP contribution in [0.2, 0.25) is 0 Å². The van der Waals surface area contributed by atoms with Gasteiger partial charge >= 0.3 is 0 Å². The summed E-state index contributed by atoms with van der Waals surface area (Å²) in [6.07, 6.45) is 9.75. The number of rotatable bonds is 14. The first-order valence-electron chi connectivity index (χ1n) is 10.5. The van der Waals surface area contributed by atoms with Crippen molar-refractivity contribution in [3.05, 3.63) is 0 Å². The highest BCUT2D eigenvalue weighted by Gasteiger charge is 2.13. The summed E-state index contributed by atoms with van der Waals surface area (Å²) in [5.41, 5.74) is 0. The minimum Gasteiger partial charge on any atom is -0.381 e. The Balaban J connectivity index is 1.87. The Kier molecular flexibility index (Phi) is 14.6. The van der Waals surface area contributed by atoms with Gasteiger partial charge in [-0.1, -0.05) is 19.3 Å². The highest BCUT2D eigenvalue weighted by Crippen LogP contribution is 2.14. The summed E-state index contributed by atoms with van der Waals surface area (Å²) >= 11 is 0. The van der Waals surface area contributed by atoms with Crippen molar-refractivity contribution in [3.8, 4) is 0 Å². The molecule has 0 spiro atoms. The van der Waals surface area contributed by atoms with Crippen LogP contribution in [0, 0.1) is 5.92 Å². The minimum atomic E-state index is 0.689. The summed E-state index contributed by atoms with van der Waals surface area (Å²) in [6.45, 7) is 6.58. The highest BCUT2D eigenvalue weighted by atomic mass is 16.5. The van der Waals surface area contributed by atoms with E-state index in [-0.39, 0.29) is 0 Å². The van der Waals surface area contributed by atoms with Gasteiger partial charge < -0.3 is 25.0 Å². The Morgan fingerprint density at radius 1 is 1.00 bits per heavy atom. The lowest BCUT2D eigenvalue weighted by Crippen LogP contribution is -2.38. The summed E-state index contributed by atoms with van der Waals surface area (Å²) < 4.78 is 11.2. The number of ether oxygens (including phenoxy) is 2. The van der Waals surface area contributed by atoms with Crippen molar-refractivity contribution in [1.29, 1.82) is 0 Å². The molecule has 0 unspecified atom stereocenters. The van der Waals surface area contributed by atoms with Gasteiger partial charge in [0.25, 0.3) is 0 Å². The summed E-state index contributed by atoms with van der Waals surface area (Å²) in [7, 11) is 6.11. The van der Waals surface area contributed by atoms with Gasteiger partial charge in [0, 0.05) is 46.6 Å². The predicted molar refractivity (Wildman–Crippen MR) is 110 cm³/mol. The number of unbranched alkanes of at least 4 members (excludes halogenated alkanes) is 4. The molecule has 0 amide bonds. The van der Waals surface area contributed by atoms with E-state index in [2.05, 4.69) is 34.6 Å². The molecule has 1 saturated heterocycles. The number of nitrogens with one attached hydrogen (secondary N) is 2. The number of nitrogens with zero attached hydrogens (tertiary/aromatic N) is 2. The molecule has 6 nitrogen and oxygen atoms in total. The summed E-state index contributed by atoms with van der Waals surface area (Å²) in [6, 6.07) is 0. The van der Waals surface area contributed by atoms with Crippen LogP contribution in [0.1, 0.15) is 51.4 Å². The third kappa shape index (κ3) is 13.4. The van der Waals surface area contributed by atoms with Gasteiger partial charge in [0.2, 0.25) is 0 Å². The second-order valence-electron chi connectivity index (χ2n) is 7.48. The number of aliphatic imine (C=N–C) groups is 1. The first-order valence-corrected chi connectivity index (χ1v) is 10.5. The topological polar surface area (TPSA) is 58.1 Å². The monoisotopic (exact) mass is 370 g/mol. The van der Waals surface area contributed by atoms with Crippen LogP contribution in [0.4, 0.5) is 0 Å². The Morgan fingerprint density at radius 3 is 2.35 bits per heavy atom. The highest BCUT2D eigenvalue weighted by molar-refractivity contribution is 5.79. The van der Waals surface area contributed by atoms with Gasteiger partial charge in [-0.2, -0.15) is 0 Å². The molecular formula is C20H42N4O2. The fourth-order valence-corrected chi connectivity index (χ4v) is 3.05. The van der Waals surface area contributed by atoms with Gasteiger partial charge in [0.15, 0.2) is 5.96 Å². The lowest BCUT2D eigenvalue weighted by Gasteiger charge is -2.21. The zero-order valence-electron chi connectivity index (χ0n) is 17.4. The molecule has 0 saturated carbocycles. The Hall–Kier alpha value is -0.850. The van der Waals surface area contributed by atoms with E-state index in [0.717, 1.165) is 64.7 Å². The molecule has 0 aliphatic carbocycles. The van der Waals surface area contributed by atoms with Crippen molar-refractivity contribution >= 4 is 5.96 Å². The lowest BCUT2D eigenvalue weighted by atomic mass is 10.0. The molecule has 154 valence electrons. The van der Waals surface area contributed by atoms with Crippen LogP contribution in [0.15, 0.2) is 4.99 Å². The van der Waals surface area contributed by atoms with Crippen molar-refractivity contribution in [2.75, 3.05) is 67.2 Å². The zero-order valence-corrected chi connectivity index (χ0v) is 17.4. The Morgan fingerprint density at radius 2 is 1.65 bits per heavy atom. The van der Waals surface area contributed by atoms with Crippen LogP contribution in [0.25, 0.3) is 0 Å². The molecule has 26 heavy (non-hydrogen) atoms. The molecule has 0 radical (unpaired) electrons. The van der Waals surface area contributed by atoms with E-state index in [0.29, 0.717) is 5.92 Å². The number of guanidine groups is 1. The molecule has 1 aliphatic heterocycles. The molecule has 0 aromatic carbocycles. The number of hydrogen-bond acceptors (Lipinski definition) is 4. The molecule has 1 aliphatic rings. The van der Waals surface area contributed by atoms with Gasteiger partial charge in [0.1, 0.15) is 0 Å². The predicted octanol–water partition coefficient (Wildman–Crippen LogP) is 2.50. The summed E-state index contributed by atoms with van der Waals surface area (Å²) in [5.74, 6) is 1.59. The normalized spacial score (nSPS) is 16.2. The van der Waals surface area contributed by atoms with Crippen LogP contribution in [-0.4, -0.2) is 78.1 Å². The van der Waals surface area contributed by atoms with Gasteiger partial charge in [-0.3, -0.25) is 4.99 Å². The third-order valence-corrected chi connectivity index (χ3v) is 4.75. The second-order valence-corrected chi connectivity index (χ2v) is 7.48. The molecule has 6 heteroatoms. The molecule has 0 bridgehead atoms. The van der Waals surface area contributed by atoms with Crippen molar-refractivity contribution in [2.24, 2.45) is 10.9 Å². The molecular weight excluding hydrogens is 328 g/mol. The first kappa shape index (κ1) is 23.2. The molecule has 2 N–H and O–H groups in total. The average molecular weight is 371 g/mol. The van der Waals surface area contributed by atoms with E-state index in [1.54, 1.807) is 0 Å². The van der Waals surface area contributed by atoms with E-state index in [1.165, 1.54) is 38.6 Å². The largest absolute Gasteiger partial charge is 0.381 e. The zero-order chi connectivity index (χ0) is 18.9. The van der Waals surface area contributed by atoms with E-state index in [1.807, 2.05) is 7.05 Å². The lowest BCUT2D eigenvalue weighted by molar-refractivity contribution is 0.0203. The van der Waals surface area contributed by atoms with Gasteiger partial charge in [-0.05, 0) is 58.7 Å². The maximum atomic E-state index is 5.79. The van der Waals surface area contributed by atoms with E-state index in [4.69, 9.17) is 9.47 Å². The molecule has 0 aromatic heterocycles. The van der Waals surface area contributed by atoms with Crippen molar-refractivity contribution < 1.29 is 9.47 Å². The Bertz CT molecular complexity index is 345. The average Bonchev–Trinajstić information content (AvgIpc) is 2.65. The van der Waals surface area contributed by atoms with Gasteiger partial charge in [-0.25, -0.2) is 0 Å². The van der Waals surface area contributed by atoms with Crippen LogP contribution in [0.3, 0.4) is 0 Å². The van der Waals surface area contributed by atoms with Crippen LogP contribution < -0.4 is 10.6 Å². The van der Waals surface area contributed by atoms with E-state index in [9.17, 15) is 0 Å². The molecule has 0 aromatic rings. The quantitative estimate of drug-likeness (QED) is 0.279. The fraction of sp³-hybridized carbons (Fsp3) is 0.950.